The zero-order valence-electron chi connectivity index (χ0n) is 25.2. The molecule has 4 rings (SSSR count). The van der Waals surface area contributed by atoms with Crippen LogP contribution >= 0.6 is 0 Å². The van der Waals surface area contributed by atoms with Crippen LogP contribution in [0.4, 0.5) is 0 Å². The Labute approximate surface area is 253 Å². The van der Waals surface area contributed by atoms with Crippen molar-refractivity contribution in [3.63, 3.8) is 0 Å². The highest BCUT2D eigenvalue weighted by Crippen LogP contribution is 2.24. The molecule has 1 unspecified atom stereocenters. The van der Waals surface area contributed by atoms with Crippen LogP contribution in [-0.4, -0.2) is 44.8 Å². The highest BCUT2D eigenvalue weighted by Gasteiger charge is 2.23. The Hall–Kier alpha value is -4.78. The Morgan fingerprint density at radius 1 is 0.791 bits per heavy atom. The van der Waals surface area contributed by atoms with Gasteiger partial charge in [-0.25, -0.2) is 4.79 Å². The molecule has 43 heavy (non-hydrogen) atoms. The number of carbonyl (C=O) groups is 2. The quantitative estimate of drug-likeness (QED) is 0.130. The molecule has 4 aromatic carbocycles. The van der Waals surface area contributed by atoms with E-state index in [4.69, 9.17) is 18.9 Å². The third-order valence-corrected chi connectivity index (χ3v) is 6.93. The van der Waals surface area contributed by atoms with Gasteiger partial charge in [0.2, 0.25) is 0 Å². The summed E-state index contributed by atoms with van der Waals surface area (Å²) < 4.78 is 22.4. The van der Waals surface area contributed by atoms with Gasteiger partial charge in [0.05, 0.1) is 20.3 Å². The van der Waals surface area contributed by atoms with Crippen LogP contribution in [0.3, 0.4) is 0 Å². The Morgan fingerprint density at radius 2 is 1.49 bits per heavy atom. The average molecular weight is 582 g/mol. The molecule has 1 N–H and O–H groups in total. The first kappa shape index (κ1) is 31.2. The summed E-state index contributed by atoms with van der Waals surface area (Å²) in [6.07, 6.45) is -0.408. The van der Waals surface area contributed by atoms with Gasteiger partial charge in [0.25, 0.3) is 5.91 Å². The molecule has 1 atom stereocenters. The number of esters is 1. The van der Waals surface area contributed by atoms with Gasteiger partial charge in [0.15, 0.2) is 6.10 Å². The topological polar surface area (TPSA) is 83.1 Å². The second-order valence-electron chi connectivity index (χ2n) is 10.3. The Morgan fingerprint density at radius 3 is 2.14 bits per heavy atom. The smallest absolute Gasteiger partial charge is 0.347 e. The van der Waals surface area contributed by atoms with Gasteiger partial charge in [-0.3, -0.25) is 4.79 Å². The number of ether oxygens (including phenoxy) is 4. The minimum absolute atomic E-state index is 0.167. The van der Waals surface area contributed by atoms with E-state index in [0.29, 0.717) is 42.6 Å². The lowest BCUT2D eigenvalue weighted by atomic mass is 10.0. The van der Waals surface area contributed by atoms with Crippen molar-refractivity contribution in [2.24, 2.45) is 0 Å². The fraction of sp³-hybridized carbons (Fsp3) is 0.278. The summed E-state index contributed by atoms with van der Waals surface area (Å²) in [6, 6.07) is 30.5. The highest BCUT2D eigenvalue weighted by atomic mass is 16.6. The maximum atomic E-state index is 12.6. The number of nitrogens with one attached hydrogen (secondary N) is 1. The number of hydrogen-bond donors (Lipinski definition) is 1. The standard InChI is InChI=1S/C36H39NO6/c1-5-41-36(39)34(43-32-19-15-27(16-20-32)25(2)3)23-26-9-17-31(18-10-26)42-22-21-37-35(38)29-13-11-28(12-14-29)30-7-6-8-33(24-30)40-4/h6-20,24-25,34H,5,21-23H2,1-4H3,(H,37,38). The van der Waals surface area contributed by atoms with E-state index >= 15 is 0 Å². The number of rotatable bonds is 14. The molecule has 0 saturated heterocycles. The van der Waals surface area contributed by atoms with Crippen LogP contribution in [0.1, 0.15) is 48.2 Å². The van der Waals surface area contributed by atoms with E-state index in [-0.39, 0.29) is 12.5 Å². The summed E-state index contributed by atoms with van der Waals surface area (Å²) >= 11 is 0. The van der Waals surface area contributed by atoms with Crippen LogP contribution in [0.25, 0.3) is 11.1 Å². The van der Waals surface area contributed by atoms with Crippen LogP contribution < -0.4 is 19.5 Å². The van der Waals surface area contributed by atoms with E-state index in [9.17, 15) is 9.59 Å². The number of hydrogen-bond acceptors (Lipinski definition) is 6. The minimum atomic E-state index is -0.767. The van der Waals surface area contributed by atoms with E-state index in [0.717, 1.165) is 22.4 Å². The summed E-state index contributed by atoms with van der Waals surface area (Å²) in [5.41, 5.74) is 4.71. The Kier molecular flexibility index (Phi) is 11.2. The van der Waals surface area contributed by atoms with E-state index in [1.807, 2.05) is 84.9 Å². The van der Waals surface area contributed by atoms with Crippen molar-refractivity contribution in [3.05, 3.63) is 114 Å². The fourth-order valence-corrected chi connectivity index (χ4v) is 4.49. The summed E-state index contributed by atoms with van der Waals surface area (Å²) in [5.74, 6) is 1.92. The number of amides is 1. The first-order chi connectivity index (χ1) is 20.9. The second kappa shape index (κ2) is 15.4. The first-order valence-corrected chi connectivity index (χ1v) is 14.5. The summed E-state index contributed by atoms with van der Waals surface area (Å²) in [4.78, 5) is 25.2. The molecule has 0 aliphatic rings. The molecule has 4 aromatic rings. The zero-order valence-corrected chi connectivity index (χ0v) is 25.2. The molecule has 0 spiro atoms. The lowest BCUT2D eigenvalue weighted by molar-refractivity contribution is -0.151. The fourth-order valence-electron chi connectivity index (χ4n) is 4.49. The predicted molar refractivity (Wildman–Crippen MR) is 168 cm³/mol. The van der Waals surface area contributed by atoms with Gasteiger partial charge in [0, 0.05) is 12.0 Å². The predicted octanol–water partition coefficient (Wildman–Crippen LogP) is 6.85. The molecule has 1 amide bonds. The van der Waals surface area contributed by atoms with Crippen molar-refractivity contribution in [2.45, 2.75) is 39.2 Å². The van der Waals surface area contributed by atoms with Gasteiger partial charge in [-0.05, 0) is 83.6 Å². The molecular formula is C36H39NO6. The Bertz CT molecular complexity index is 1460. The lowest BCUT2D eigenvalue weighted by Gasteiger charge is -2.18. The number of benzene rings is 4. The van der Waals surface area contributed by atoms with Crippen molar-refractivity contribution in [3.8, 4) is 28.4 Å². The van der Waals surface area contributed by atoms with Gasteiger partial charge in [-0.15, -0.1) is 0 Å². The third kappa shape index (κ3) is 9.10. The molecule has 0 heterocycles. The SMILES string of the molecule is CCOC(=O)C(Cc1ccc(OCCNC(=O)c2ccc(-c3cccc(OC)c3)cc2)cc1)Oc1ccc(C(C)C)cc1. The van der Waals surface area contributed by atoms with Crippen LogP contribution in [0, 0.1) is 0 Å². The molecule has 0 aromatic heterocycles. The summed E-state index contributed by atoms with van der Waals surface area (Å²) in [7, 11) is 1.64. The maximum Gasteiger partial charge on any atom is 0.347 e. The van der Waals surface area contributed by atoms with Crippen LogP contribution in [0.2, 0.25) is 0 Å². The van der Waals surface area contributed by atoms with Gasteiger partial charge >= 0.3 is 5.97 Å². The third-order valence-electron chi connectivity index (χ3n) is 6.93. The molecule has 224 valence electrons. The van der Waals surface area contributed by atoms with Crippen LogP contribution in [0.15, 0.2) is 97.1 Å². The molecule has 0 fully saturated rings. The second-order valence-corrected chi connectivity index (χ2v) is 10.3. The minimum Gasteiger partial charge on any atom is -0.497 e. The molecule has 7 nitrogen and oxygen atoms in total. The molecular weight excluding hydrogens is 542 g/mol. The maximum absolute atomic E-state index is 12.6. The summed E-state index contributed by atoms with van der Waals surface area (Å²) in [5, 5.41) is 2.89. The van der Waals surface area contributed by atoms with Crippen LogP contribution in [-0.2, 0) is 16.0 Å². The van der Waals surface area contributed by atoms with Crippen LogP contribution in [0.5, 0.6) is 17.2 Å². The van der Waals surface area contributed by atoms with E-state index in [1.165, 1.54) is 5.56 Å². The van der Waals surface area contributed by atoms with Crippen molar-refractivity contribution < 1.29 is 28.5 Å². The zero-order chi connectivity index (χ0) is 30.6. The van der Waals surface area contributed by atoms with Gasteiger partial charge in [-0.1, -0.05) is 62.4 Å². The van der Waals surface area contributed by atoms with Gasteiger partial charge in [-0.2, -0.15) is 0 Å². The van der Waals surface area contributed by atoms with Crippen molar-refractivity contribution in [2.75, 3.05) is 26.9 Å². The van der Waals surface area contributed by atoms with E-state index in [1.54, 1.807) is 26.2 Å². The molecule has 0 radical (unpaired) electrons. The summed E-state index contributed by atoms with van der Waals surface area (Å²) in [6.45, 7) is 6.99. The molecule has 0 bridgehead atoms. The number of methoxy groups -OCH3 is 1. The highest BCUT2D eigenvalue weighted by molar-refractivity contribution is 5.94. The van der Waals surface area contributed by atoms with Gasteiger partial charge in [0.1, 0.15) is 23.9 Å². The monoisotopic (exact) mass is 581 g/mol. The largest absolute Gasteiger partial charge is 0.497 e. The lowest BCUT2D eigenvalue weighted by Crippen LogP contribution is -2.31. The van der Waals surface area contributed by atoms with Gasteiger partial charge < -0.3 is 24.3 Å². The molecule has 0 aliphatic carbocycles. The first-order valence-electron chi connectivity index (χ1n) is 14.5. The normalized spacial score (nSPS) is 11.5. The van der Waals surface area contributed by atoms with Crippen molar-refractivity contribution in [1.29, 1.82) is 0 Å². The molecule has 0 aliphatic heterocycles. The van der Waals surface area contributed by atoms with Crippen molar-refractivity contribution in [1.82, 2.24) is 5.32 Å². The van der Waals surface area contributed by atoms with E-state index < -0.39 is 12.1 Å². The Balaban J connectivity index is 1.25. The van der Waals surface area contributed by atoms with E-state index in [2.05, 4.69) is 19.2 Å². The number of carbonyl (C=O) groups excluding carboxylic acids is 2. The molecule has 7 heteroatoms. The van der Waals surface area contributed by atoms with Crippen molar-refractivity contribution >= 4 is 11.9 Å². The average Bonchev–Trinajstić information content (AvgIpc) is 3.04. The molecule has 0 saturated carbocycles.